The van der Waals surface area contributed by atoms with Crippen LogP contribution in [-0.2, 0) is 9.47 Å². The molecule has 2 saturated heterocycles. The summed E-state index contributed by atoms with van der Waals surface area (Å²) in [5.74, 6) is 1.57. The summed E-state index contributed by atoms with van der Waals surface area (Å²) in [5, 5.41) is 7.09. The molecule has 1 saturated carbocycles. The Morgan fingerprint density at radius 3 is 2.20 bits per heavy atom. The number of nitrogens with zero attached hydrogens (tertiary/aromatic N) is 3. The highest BCUT2D eigenvalue weighted by Gasteiger charge is 2.34. The molecule has 3 aliphatic rings. The lowest BCUT2D eigenvalue weighted by Gasteiger charge is -2.41. The van der Waals surface area contributed by atoms with Crippen molar-refractivity contribution < 1.29 is 9.47 Å². The van der Waals surface area contributed by atoms with Crippen LogP contribution in [0.2, 0.25) is 0 Å². The molecular formula is C23H45N5O2. The molecule has 0 spiro atoms. The summed E-state index contributed by atoms with van der Waals surface area (Å²) in [6.07, 6.45) is 6.69. The van der Waals surface area contributed by atoms with Crippen molar-refractivity contribution >= 4 is 5.96 Å². The minimum Gasteiger partial charge on any atom is -0.379 e. The molecule has 1 atom stereocenters. The smallest absolute Gasteiger partial charge is 0.191 e. The molecule has 2 N–H and O–H groups in total. The van der Waals surface area contributed by atoms with Crippen LogP contribution in [0.25, 0.3) is 0 Å². The highest BCUT2D eigenvalue weighted by atomic mass is 16.5. The van der Waals surface area contributed by atoms with Gasteiger partial charge < -0.3 is 20.1 Å². The summed E-state index contributed by atoms with van der Waals surface area (Å²) in [6, 6.07) is 0. The first kappa shape index (κ1) is 23.8. The number of aliphatic imine (C=N–C) groups is 1. The summed E-state index contributed by atoms with van der Waals surface area (Å²) in [4.78, 5) is 10.2. The SMILES string of the molecule is CCNC(=NCC1(CN2CCOCC2)CCCCC1)NCC(C)CN1CCOCC1. The highest BCUT2D eigenvalue weighted by molar-refractivity contribution is 5.79. The molecule has 0 aromatic heterocycles. The van der Waals surface area contributed by atoms with Gasteiger partial charge in [-0.05, 0) is 25.7 Å². The second kappa shape index (κ2) is 12.8. The van der Waals surface area contributed by atoms with E-state index in [1.54, 1.807) is 0 Å². The summed E-state index contributed by atoms with van der Waals surface area (Å²) in [5.41, 5.74) is 0.331. The van der Waals surface area contributed by atoms with Gasteiger partial charge in [-0.3, -0.25) is 14.8 Å². The van der Waals surface area contributed by atoms with E-state index < -0.39 is 0 Å². The lowest BCUT2D eigenvalue weighted by Crippen LogP contribution is -2.47. The van der Waals surface area contributed by atoms with E-state index in [1.165, 1.54) is 38.6 Å². The van der Waals surface area contributed by atoms with Gasteiger partial charge in [0.05, 0.1) is 26.4 Å². The van der Waals surface area contributed by atoms with Crippen molar-refractivity contribution in [2.24, 2.45) is 16.3 Å². The Hall–Kier alpha value is -0.890. The predicted octanol–water partition coefficient (Wildman–Crippen LogP) is 1.79. The molecule has 174 valence electrons. The molecule has 0 radical (unpaired) electrons. The molecule has 0 aromatic rings. The number of rotatable bonds is 9. The average Bonchev–Trinajstić information content (AvgIpc) is 2.78. The Morgan fingerprint density at radius 1 is 0.933 bits per heavy atom. The van der Waals surface area contributed by atoms with E-state index in [1.807, 2.05) is 0 Å². The predicted molar refractivity (Wildman–Crippen MR) is 123 cm³/mol. The normalized spacial score (nSPS) is 25.1. The number of nitrogens with one attached hydrogen (secondary N) is 2. The molecule has 1 unspecified atom stereocenters. The molecule has 30 heavy (non-hydrogen) atoms. The van der Waals surface area contributed by atoms with Crippen LogP contribution >= 0.6 is 0 Å². The first-order valence-corrected chi connectivity index (χ1v) is 12.3. The zero-order valence-electron chi connectivity index (χ0n) is 19.5. The van der Waals surface area contributed by atoms with Crippen molar-refractivity contribution in [3.63, 3.8) is 0 Å². The van der Waals surface area contributed by atoms with Crippen molar-refractivity contribution in [1.82, 2.24) is 20.4 Å². The average molecular weight is 424 g/mol. The van der Waals surface area contributed by atoms with Gasteiger partial charge in [-0.1, -0.05) is 26.2 Å². The van der Waals surface area contributed by atoms with Gasteiger partial charge in [-0.15, -0.1) is 0 Å². The van der Waals surface area contributed by atoms with Crippen LogP contribution in [-0.4, -0.2) is 101 Å². The molecular weight excluding hydrogens is 378 g/mol. The number of morpholine rings is 2. The molecule has 7 nitrogen and oxygen atoms in total. The first-order valence-electron chi connectivity index (χ1n) is 12.3. The molecule has 2 heterocycles. The third-order valence-electron chi connectivity index (χ3n) is 6.79. The molecule has 3 rings (SSSR count). The van der Waals surface area contributed by atoms with Crippen molar-refractivity contribution in [3.05, 3.63) is 0 Å². The first-order chi connectivity index (χ1) is 14.7. The van der Waals surface area contributed by atoms with Gasteiger partial charge >= 0.3 is 0 Å². The zero-order valence-corrected chi connectivity index (χ0v) is 19.5. The molecule has 0 amide bonds. The quantitative estimate of drug-likeness (QED) is 0.436. The van der Waals surface area contributed by atoms with E-state index in [9.17, 15) is 0 Å². The molecule has 1 aliphatic carbocycles. The number of ether oxygens (including phenoxy) is 2. The largest absolute Gasteiger partial charge is 0.379 e. The fraction of sp³-hybridized carbons (Fsp3) is 0.957. The maximum Gasteiger partial charge on any atom is 0.191 e. The number of hydrogen-bond acceptors (Lipinski definition) is 5. The lowest BCUT2D eigenvalue weighted by molar-refractivity contribution is 0.00937. The van der Waals surface area contributed by atoms with E-state index in [-0.39, 0.29) is 0 Å². The monoisotopic (exact) mass is 423 g/mol. The van der Waals surface area contributed by atoms with Crippen molar-refractivity contribution in [2.75, 3.05) is 85.3 Å². The van der Waals surface area contributed by atoms with Crippen LogP contribution in [0.5, 0.6) is 0 Å². The van der Waals surface area contributed by atoms with Crippen LogP contribution in [0.15, 0.2) is 4.99 Å². The molecule has 7 heteroatoms. The lowest BCUT2D eigenvalue weighted by atomic mass is 9.73. The van der Waals surface area contributed by atoms with E-state index in [4.69, 9.17) is 14.5 Å². The van der Waals surface area contributed by atoms with Gasteiger partial charge in [0.15, 0.2) is 5.96 Å². The second-order valence-electron chi connectivity index (χ2n) is 9.54. The van der Waals surface area contributed by atoms with Gasteiger partial charge in [0.1, 0.15) is 0 Å². The van der Waals surface area contributed by atoms with Gasteiger partial charge in [0, 0.05) is 64.3 Å². The summed E-state index contributed by atoms with van der Waals surface area (Å²) in [7, 11) is 0. The summed E-state index contributed by atoms with van der Waals surface area (Å²) >= 11 is 0. The highest BCUT2D eigenvalue weighted by Crippen LogP contribution is 2.37. The van der Waals surface area contributed by atoms with Gasteiger partial charge in [0.2, 0.25) is 0 Å². The minimum absolute atomic E-state index is 0.331. The van der Waals surface area contributed by atoms with E-state index in [0.29, 0.717) is 11.3 Å². The fourth-order valence-corrected chi connectivity index (χ4v) is 5.05. The number of guanidine groups is 1. The molecule has 2 aliphatic heterocycles. The van der Waals surface area contributed by atoms with Crippen molar-refractivity contribution in [2.45, 2.75) is 46.0 Å². The van der Waals surface area contributed by atoms with E-state index in [2.05, 4.69) is 34.3 Å². The fourth-order valence-electron chi connectivity index (χ4n) is 5.05. The summed E-state index contributed by atoms with van der Waals surface area (Å²) in [6.45, 7) is 17.3. The Labute approximate surface area is 183 Å². The van der Waals surface area contributed by atoms with E-state index >= 15 is 0 Å². The van der Waals surface area contributed by atoms with Crippen LogP contribution in [0.3, 0.4) is 0 Å². The van der Waals surface area contributed by atoms with Crippen LogP contribution in [0, 0.1) is 11.3 Å². The third-order valence-corrected chi connectivity index (χ3v) is 6.79. The van der Waals surface area contributed by atoms with E-state index in [0.717, 1.165) is 84.7 Å². The maximum atomic E-state index is 5.56. The van der Waals surface area contributed by atoms with Gasteiger partial charge in [-0.2, -0.15) is 0 Å². The van der Waals surface area contributed by atoms with Crippen molar-refractivity contribution in [3.8, 4) is 0 Å². The second-order valence-corrected chi connectivity index (χ2v) is 9.54. The maximum absolute atomic E-state index is 5.56. The minimum atomic E-state index is 0.331. The van der Waals surface area contributed by atoms with Crippen molar-refractivity contribution in [1.29, 1.82) is 0 Å². The van der Waals surface area contributed by atoms with Crippen LogP contribution in [0.4, 0.5) is 0 Å². The molecule has 0 aromatic carbocycles. The Balaban J connectivity index is 1.52. The Kier molecular flexibility index (Phi) is 10.2. The Bertz CT molecular complexity index is 498. The topological polar surface area (TPSA) is 61.4 Å². The standard InChI is InChI=1S/C23H45N5O2/c1-3-24-22(25-17-21(2)18-27-9-13-29-14-10-27)26-19-23(7-5-4-6-8-23)20-28-11-15-30-16-12-28/h21H,3-20H2,1-2H3,(H2,24,25,26). The van der Waals surface area contributed by atoms with Crippen LogP contribution in [0.1, 0.15) is 46.0 Å². The third kappa shape index (κ3) is 7.98. The zero-order chi connectivity index (χ0) is 21.1. The summed E-state index contributed by atoms with van der Waals surface area (Å²) < 4.78 is 11.0. The van der Waals surface area contributed by atoms with Gasteiger partial charge in [0.25, 0.3) is 0 Å². The van der Waals surface area contributed by atoms with Gasteiger partial charge in [-0.25, -0.2) is 0 Å². The Morgan fingerprint density at radius 2 is 1.57 bits per heavy atom. The molecule has 0 bridgehead atoms. The number of hydrogen-bond donors (Lipinski definition) is 2. The molecule has 3 fully saturated rings. The van der Waals surface area contributed by atoms with Crippen LogP contribution < -0.4 is 10.6 Å².